The van der Waals surface area contributed by atoms with Crippen LogP contribution in [0.2, 0.25) is 10.0 Å². The van der Waals surface area contributed by atoms with E-state index in [1.165, 1.54) is 10.4 Å². The highest BCUT2D eigenvalue weighted by molar-refractivity contribution is 7.89. The monoisotopic (exact) mass is 508 g/mol. The second-order valence-electron chi connectivity index (χ2n) is 8.25. The van der Waals surface area contributed by atoms with E-state index in [1.807, 2.05) is 24.3 Å². The first kappa shape index (κ1) is 24.0. The van der Waals surface area contributed by atoms with E-state index >= 15 is 0 Å². The van der Waals surface area contributed by atoms with E-state index in [2.05, 4.69) is 10.3 Å². The van der Waals surface area contributed by atoms with Gasteiger partial charge in [0.25, 0.3) is 0 Å². The maximum absolute atomic E-state index is 13.2. The largest absolute Gasteiger partial charge is 0.368 e. The smallest absolute Gasteiger partial charge is 0.244 e. The molecular formula is C23H26Cl2N4O3S. The van der Waals surface area contributed by atoms with E-state index in [-0.39, 0.29) is 39.9 Å². The van der Waals surface area contributed by atoms with E-state index in [0.29, 0.717) is 6.54 Å². The van der Waals surface area contributed by atoms with Gasteiger partial charge in [-0.1, -0.05) is 53.5 Å². The first-order chi connectivity index (χ1) is 15.8. The van der Waals surface area contributed by atoms with E-state index < -0.39 is 10.0 Å². The van der Waals surface area contributed by atoms with Crippen molar-refractivity contribution in [1.29, 1.82) is 0 Å². The molecule has 0 radical (unpaired) electrons. The van der Waals surface area contributed by atoms with Crippen molar-refractivity contribution in [1.82, 2.24) is 14.5 Å². The predicted octanol–water partition coefficient (Wildman–Crippen LogP) is 3.55. The number of hydrogen-bond acceptors (Lipinski definition) is 5. The van der Waals surface area contributed by atoms with Crippen LogP contribution in [0, 0.1) is 0 Å². The van der Waals surface area contributed by atoms with Gasteiger partial charge in [-0.2, -0.15) is 4.31 Å². The highest BCUT2D eigenvalue weighted by Crippen LogP contribution is 2.36. The van der Waals surface area contributed by atoms with Gasteiger partial charge in [0.15, 0.2) is 0 Å². The zero-order chi connectivity index (χ0) is 23.6. The van der Waals surface area contributed by atoms with E-state index in [4.69, 9.17) is 23.2 Å². The molecule has 0 atom stereocenters. The summed E-state index contributed by atoms with van der Waals surface area (Å²) in [4.78, 5) is 18.8. The van der Waals surface area contributed by atoms with Gasteiger partial charge in [-0.05, 0) is 30.5 Å². The summed E-state index contributed by atoms with van der Waals surface area (Å²) in [6.07, 6.45) is 1.63. The number of carbonyl (C=O) groups excluding carboxylic acids is 1. The fourth-order valence-electron chi connectivity index (χ4n) is 3.79. The number of sulfonamides is 1. The van der Waals surface area contributed by atoms with Crippen LogP contribution in [-0.4, -0.2) is 62.1 Å². The lowest BCUT2D eigenvalue weighted by Gasteiger charge is -2.24. The first-order valence-corrected chi connectivity index (χ1v) is 13.0. The number of carbonyl (C=O) groups is 1. The molecule has 10 heteroatoms. The Balaban J connectivity index is 1.38. The number of halogens is 2. The van der Waals surface area contributed by atoms with Crippen molar-refractivity contribution in [3.63, 3.8) is 0 Å². The van der Waals surface area contributed by atoms with E-state index in [0.717, 1.165) is 42.9 Å². The summed E-state index contributed by atoms with van der Waals surface area (Å²) in [5, 5.41) is 3.44. The molecule has 0 aromatic heterocycles. The lowest BCUT2D eigenvalue weighted by Crippen LogP contribution is -2.37. The van der Waals surface area contributed by atoms with Crippen LogP contribution in [0.25, 0.3) is 0 Å². The highest BCUT2D eigenvalue weighted by Gasteiger charge is 2.39. The number of amidine groups is 1. The normalized spacial score (nSPS) is 15.9. The SMILES string of the molecule is CN(Cc1ccc(C2=NCCN2)cc1)C(=O)CCN(C1CC1)S(=O)(=O)c1cccc(Cl)c1Cl. The predicted molar refractivity (Wildman–Crippen MR) is 130 cm³/mol. The Bertz CT molecular complexity index is 1160. The van der Waals surface area contributed by atoms with Crippen LogP contribution in [0.1, 0.15) is 30.4 Å². The van der Waals surface area contributed by atoms with Crippen molar-refractivity contribution in [2.24, 2.45) is 4.99 Å². The molecule has 7 nitrogen and oxygen atoms in total. The van der Waals surface area contributed by atoms with Crippen LogP contribution in [0.15, 0.2) is 52.4 Å². The van der Waals surface area contributed by atoms with Crippen molar-refractivity contribution in [3.05, 3.63) is 63.6 Å². The summed E-state index contributed by atoms with van der Waals surface area (Å²) in [5.41, 5.74) is 2.01. The molecule has 4 rings (SSSR count). The molecule has 0 unspecified atom stereocenters. The Morgan fingerprint density at radius 1 is 1.15 bits per heavy atom. The second-order valence-corrected chi connectivity index (χ2v) is 10.9. The van der Waals surface area contributed by atoms with Gasteiger partial charge in [0.1, 0.15) is 10.7 Å². The quantitative estimate of drug-likeness (QED) is 0.561. The molecular weight excluding hydrogens is 483 g/mol. The lowest BCUT2D eigenvalue weighted by molar-refractivity contribution is -0.130. The molecule has 1 fully saturated rings. The number of amides is 1. The third-order valence-electron chi connectivity index (χ3n) is 5.75. The Kier molecular flexibility index (Phi) is 7.28. The van der Waals surface area contributed by atoms with E-state index in [9.17, 15) is 13.2 Å². The standard InChI is InChI=1S/C23H26Cl2N4O3S/c1-28(15-16-5-7-17(8-6-16)23-26-12-13-27-23)21(30)11-14-29(18-9-10-18)33(31,32)20-4-2-3-19(24)22(20)25/h2-8,18H,9-15H2,1H3,(H,26,27). The van der Waals surface area contributed by atoms with Crippen LogP contribution >= 0.6 is 23.2 Å². The average molecular weight is 509 g/mol. The third-order valence-corrected chi connectivity index (χ3v) is 8.68. The van der Waals surface area contributed by atoms with Crippen LogP contribution in [0.4, 0.5) is 0 Å². The fraction of sp³-hybridized carbons (Fsp3) is 0.391. The summed E-state index contributed by atoms with van der Waals surface area (Å²) in [6.45, 7) is 2.18. The van der Waals surface area contributed by atoms with Crippen molar-refractivity contribution in [3.8, 4) is 0 Å². The topological polar surface area (TPSA) is 82.1 Å². The maximum Gasteiger partial charge on any atom is 0.244 e. The molecule has 1 amide bonds. The molecule has 1 aliphatic heterocycles. The zero-order valence-electron chi connectivity index (χ0n) is 18.3. The van der Waals surface area contributed by atoms with Gasteiger partial charge in [-0.3, -0.25) is 9.79 Å². The van der Waals surface area contributed by atoms with Gasteiger partial charge in [-0.15, -0.1) is 0 Å². The number of nitrogens with one attached hydrogen (secondary N) is 1. The summed E-state index contributed by atoms with van der Waals surface area (Å²) in [5.74, 6) is 0.770. The third kappa shape index (κ3) is 5.51. The molecule has 0 bridgehead atoms. The zero-order valence-corrected chi connectivity index (χ0v) is 20.6. The number of nitrogens with zero attached hydrogens (tertiary/aromatic N) is 3. The summed E-state index contributed by atoms with van der Waals surface area (Å²) in [7, 11) is -2.13. The molecule has 33 heavy (non-hydrogen) atoms. The number of benzene rings is 2. The van der Waals surface area contributed by atoms with Gasteiger partial charge >= 0.3 is 0 Å². The molecule has 1 saturated carbocycles. The Hall–Kier alpha value is -2.13. The molecule has 1 heterocycles. The van der Waals surface area contributed by atoms with Crippen LogP contribution in [-0.2, 0) is 21.4 Å². The molecule has 2 aromatic rings. The summed E-state index contributed by atoms with van der Waals surface area (Å²) < 4.78 is 27.9. The first-order valence-electron chi connectivity index (χ1n) is 10.8. The van der Waals surface area contributed by atoms with Gasteiger partial charge in [0.2, 0.25) is 15.9 Å². The second kappa shape index (κ2) is 10.0. The van der Waals surface area contributed by atoms with Crippen molar-refractivity contribution in [2.45, 2.75) is 36.7 Å². The number of aliphatic imine (C=N–C) groups is 1. The Labute approximate surface area is 204 Å². The molecule has 2 aromatic carbocycles. The minimum atomic E-state index is -3.86. The Morgan fingerprint density at radius 3 is 2.52 bits per heavy atom. The van der Waals surface area contributed by atoms with Crippen LogP contribution in [0.5, 0.6) is 0 Å². The molecule has 2 aliphatic rings. The highest BCUT2D eigenvalue weighted by atomic mass is 35.5. The molecule has 0 saturated heterocycles. The average Bonchev–Trinajstić information content (AvgIpc) is 3.47. The van der Waals surface area contributed by atoms with Gasteiger partial charge in [0, 0.05) is 44.7 Å². The fourth-order valence-corrected chi connectivity index (χ4v) is 6.21. The minimum absolute atomic E-state index is 0.00970. The minimum Gasteiger partial charge on any atom is -0.368 e. The molecule has 1 N–H and O–H groups in total. The van der Waals surface area contributed by atoms with Crippen molar-refractivity contribution >= 4 is 45.0 Å². The molecule has 0 spiro atoms. The van der Waals surface area contributed by atoms with Crippen LogP contribution < -0.4 is 5.32 Å². The Morgan fingerprint density at radius 2 is 1.88 bits per heavy atom. The lowest BCUT2D eigenvalue weighted by atomic mass is 10.1. The van der Waals surface area contributed by atoms with Gasteiger partial charge in [-0.25, -0.2) is 8.42 Å². The van der Waals surface area contributed by atoms with Crippen molar-refractivity contribution in [2.75, 3.05) is 26.7 Å². The van der Waals surface area contributed by atoms with Crippen molar-refractivity contribution < 1.29 is 13.2 Å². The van der Waals surface area contributed by atoms with E-state index in [1.54, 1.807) is 24.1 Å². The van der Waals surface area contributed by atoms with Crippen LogP contribution in [0.3, 0.4) is 0 Å². The molecule has 1 aliphatic carbocycles. The van der Waals surface area contributed by atoms with Gasteiger partial charge < -0.3 is 10.2 Å². The van der Waals surface area contributed by atoms with Gasteiger partial charge in [0.05, 0.1) is 16.6 Å². The number of rotatable bonds is 9. The summed E-state index contributed by atoms with van der Waals surface area (Å²) >= 11 is 12.2. The summed E-state index contributed by atoms with van der Waals surface area (Å²) in [6, 6.07) is 12.4. The number of hydrogen-bond donors (Lipinski definition) is 1. The molecule has 176 valence electrons. The maximum atomic E-state index is 13.2.